The number of ether oxygens (including phenoxy) is 1. The molecule has 5 nitrogen and oxygen atoms in total. The Balaban J connectivity index is 1.63. The van der Waals surface area contributed by atoms with E-state index in [0.29, 0.717) is 10.9 Å². The molecule has 3 aromatic rings. The third kappa shape index (κ3) is 4.83. The van der Waals surface area contributed by atoms with Crippen molar-refractivity contribution in [2.75, 3.05) is 0 Å². The van der Waals surface area contributed by atoms with Crippen LogP contribution in [-0.4, -0.2) is 16.2 Å². The van der Waals surface area contributed by atoms with Crippen LogP contribution in [-0.2, 0) is 9.53 Å². The minimum absolute atomic E-state index is 0.241. The Morgan fingerprint density at radius 2 is 1.89 bits per heavy atom. The highest BCUT2D eigenvalue weighted by Crippen LogP contribution is 2.23. The molecule has 1 heterocycles. The molecule has 0 amide bonds. The molecule has 0 unspecified atom stereocenters. The van der Waals surface area contributed by atoms with Crippen LogP contribution in [0.25, 0.3) is 17.5 Å². The van der Waals surface area contributed by atoms with E-state index in [0.717, 1.165) is 22.3 Å². The van der Waals surface area contributed by atoms with Crippen LogP contribution in [0.15, 0.2) is 53.0 Å². The number of hydrogen-bond acceptors (Lipinski definition) is 5. The fourth-order valence-corrected chi connectivity index (χ4v) is 2.54. The number of esters is 1. The summed E-state index contributed by atoms with van der Waals surface area (Å²) in [7, 11) is 0. The van der Waals surface area contributed by atoms with E-state index in [4.69, 9.17) is 20.8 Å². The van der Waals surface area contributed by atoms with Crippen molar-refractivity contribution in [3.8, 4) is 11.5 Å². The summed E-state index contributed by atoms with van der Waals surface area (Å²) in [5.74, 6) is 0.123. The minimum atomic E-state index is -0.657. The van der Waals surface area contributed by atoms with E-state index in [1.54, 1.807) is 19.1 Å². The van der Waals surface area contributed by atoms with Crippen molar-refractivity contribution in [3.05, 3.63) is 76.1 Å². The number of carbonyl (C=O) groups excluding carboxylic acids is 1. The van der Waals surface area contributed by atoms with E-state index >= 15 is 0 Å². The zero-order valence-electron chi connectivity index (χ0n) is 15.3. The molecule has 2 aromatic carbocycles. The number of halogens is 1. The maximum atomic E-state index is 12.0. The number of aryl methyl sites for hydroxylation is 2. The summed E-state index contributed by atoms with van der Waals surface area (Å²) in [6.45, 7) is 5.60. The smallest absolute Gasteiger partial charge is 0.331 e. The molecule has 0 saturated heterocycles. The third-order valence-corrected chi connectivity index (χ3v) is 4.39. The van der Waals surface area contributed by atoms with Crippen LogP contribution in [0.1, 0.15) is 35.6 Å². The molecular formula is C21H19ClN2O3. The summed E-state index contributed by atoms with van der Waals surface area (Å²) in [4.78, 5) is 12.0. The molecule has 1 aromatic heterocycles. The summed E-state index contributed by atoms with van der Waals surface area (Å²) in [5.41, 5.74) is 3.75. The van der Waals surface area contributed by atoms with Crippen molar-refractivity contribution in [1.82, 2.24) is 10.2 Å². The standard InChI is InChI=1S/C21H19ClN2O3/c1-13-4-9-17(10-5-13)21-24-23-20(27-21)15(3)26-19(25)11-8-16-7-6-14(2)18(22)12-16/h4-12,15H,1-3H3/b11-8+/t15-/m0/s1. The van der Waals surface area contributed by atoms with Gasteiger partial charge in [0.1, 0.15) is 0 Å². The van der Waals surface area contributed by atoms with Gasteiger partial charge in [-0.3, -0.25) is 0 Å². The molecule has 0 bridgehead atoms. The molecule has 0 fully saturated rings. The van der Waals surface area contributed by atoms with Gasteiger partial charge in [0.05, 0.1) is 0 Å². The summed E-state index contributed by atoms with van der Waals surface area (Å²) < 4.78 is 10.9. The Morgan fingerprint density at radius 3 is 2.59 bits per heavy atom. The average molecular weight is 383 g/mol. The van der Waals surface area contributed by atoms with Crippen LogP contribution in [0.3, 0.4) is 0 Å². The maximum absolute atomic E-state index is 12.0. The van der Waals surface area contributed by atoms with Gasteiger partial charge < -0.3 is 9.15 Å². The molecule has 1 atom stereocenters. The molecule has 138 valence electrons. The average Bonchev–Trinajstić information content (AvgIpc) is 3.13. The highest BCUT2D eigenvalue weighted by atomic mass is 35.5. The fraction of sp³-hybridized carbons (Fsp3) is 0.190. The molecule has 0 aliphatic rings. The molecule has 0 spiro atoms. The second kappa shape index (κ2) is 8.18. The Labute approximate surface area is 162 Å². The van der Waals surface area contributed by atoms with Crippen LogP contribution >= 0.6 is 11.6 Å². The monoisotopic (exact) mass is 382 g/mol. The van der Waals surface area contributed by atoms with Crippen LogP contribution in [0.5, 0.6) is 0 Å². The maximum Gasteiger partial charge on any atom is 0.331 e. The number of rotatable bonds is 5. The predicted molar refractivity (Wildman–Crippen MR) is 104 cm³/mol. The van der Waals surface area contributed by atoms with Gasteiger partial charge in [0.2, 0.25) is 5.89 Å². The lowest BCUT2D eigenvalue weighted by molar-refractivity contribution is -0.143. The van der Waals surface area contributed by atoms with Gasteiger partial charge in [-0.25, -0.2) is 4.79 Å². The SMILES string of the molecule is Cc1ccc(-c2nnc([C@H](C)OC(=O)/C=C/c3ccc(C)c(Cl)c3)o2)cc1. The van der Waals surface area contributed by atoms with Gasteiger partial charge in [-0.2, -0.15) is 0 Å². The zero-order valence-corrected chi connectivity index (χ0v) is 16.0. The lowest BCUT2D eigenvalue weighted by atomic mass is 10.1. The van der Waals surface area contributed by atoms with Gasteiger partial charge in [0.25, 0.3) is 5.89 Å². The lowest BCUT2D eigenvalue weighted by Gasteiger charge is -2.07. The number of benzene rings is 2. The van der Waals surface area contributed by atoms with Crippen LogP contribution in [0, 0.1) is 13.8 Å². The van der Waals surface area contributed by atoms with Crippen molar-refractivity contribution < 1.29 is 13.9 Å². The molecule has 0 aliphatic carbocycles. The molecule has 27 heavy (non-hydrogen) atoms. The van der Waals surface area contributed by atoms with E-state index in [2.05, 4.69) is 10.2 Å². The molecule has 0 N–H and O–H groups in total. The van der Waals surface area contributed by atoms with E-state index < -0.39 is 12.1 Å². The predicted octanol–water partition coefficient (Wildman–Crippen LogP) is 5.32. The van der Waals surface area contributed by atoms with Crippen LogP contribution in [0.4, 0.5) is 0 Å². The number of nitrogens with zero attached hydrogens (tertiary/aromatic N) is 2. The Hall–Kier alpha value is -2.92. The van der Waals surface area contributed by atoms with Gasteiger partial charge in [-0.15, -0.1) is 10.2 Å². The van der Waals surface area contributed by atoms with Crippen LogP contribution < -0.4 is 0 Å². The number of carbonyl (C=O) groups is 1. The minimum Gasteiger partial charge on any atom is -0.449 e. The number of hydrogen-bond donors (Lipinski definition) is 0. The van der Waals surface area contributed by atoms with Gasteiger partial charge in [0, 0.05) is 16.7 Å². The highest BCUT2D eigenvalue weighted by Gasteiger charge is 2.18. The Morgan fingerprint density at radius 1 is 1.15 bits per heavy atom. The van der Waals surface area contributed by atoms with Crippen molar-refractivity contribution in [2.45, 2.75) is 26.9 Å². The largest absolute Gasteiger partial charge is 0.449 e. The quantitative estimate of drug-likeness (QED) is 0.441. The van der Waals surface area contributed by atoms with E-state index in [1.165, 1.54) is 6.08 Å². The van der Waals surface area contributed by atoms with Crippen molar-refractivity contribution in [3.63, 3.8) is 0 Å². The Bertz CT molecular complexity index is 977. The van der Waals surface area contributed by atoms with Crippen molar-refractivity contribution in [2.24, 2.45) is 0 Å². The lowest BCUT2D eigenvalue weighted by Crippen LogP contribution is -2.06. The zero-order chi connectivity index (χ0) is 19.4. The van der Waals surface area contributed by atoms with Gasteiger partial charge in [-0.1, -0.05) is 41.4 Å². The molecule has 0 saturated carbocycles. The topological polar surface area (TPSA) is 65.2 Å². The normalized spacial score (nSPS) is 12.3. The summed E-state index contributed by atoms with van der Waals surface area (Å²) in [6, 6.07) is 13.3. The van der Waals surface area contributed by atoms with Gasteiger partial charge in [0.15, 0.2) is 6.10 Å². The molecular weight excluding hydrogens is 364 g/mol. The second-order valence-electron chi connectivity index (χ2n) is 6.23. The van der Waals surface area contributed by atoms with Crippen molar-refractivity contribution in [1.29, 1.82) is 0 Å². The fourth-order valence-electron chi connectivity index (χ4n) is 2.35. The molecule has 0 aliphatic heterocycles. The summed E-state index contributed by atoms with van der Waals surface area (Å²) in [5, 5.41) is 8.63. The highest BCUT2D eigenvalue weighted by molar-refractivity contribution is 6.31. The molecule has 6 heteroatoms. The molecule has 0 radical (unpaired) electrons. The first-order chi connectivity index (χ1) is 12.9. The first kappa shape index (κ1) is 18.9. The Kier molecular flexibility index (Phi) is 5.72. The van der Waals surface area contributed by atoms with E-state index in [-0.39, 0.29) is 5.89 Å². The number of aromatic nitrogens is 2. The molecule has 3 rings (SSSR count). The first-order valence-electron chi connectivity index (χ1n) is 8.47. The first-order valence-corrected chi connectivity index (χ1v) is 8.85. The van der Waals surface area contributed by atoms with Gasteiger partial charge in [-0.05, 0) is 56.2 Å². The second-order valence-corrected chi connectivity index (χ2v) is 6.64. The third-order valence-electron chi connectivity index (χ3n) is 3.99. The van der Waals surface area contributed by atoms with Gasteiger partial charge >= 0.3 is 5.97 Å². The van der Waals surface area contributed by atoms with Crippen LogP contribution in [0.2, 0.25) is 5.02 Å². The van der Waals surface area contributed by atoms with E-state index in [1.807, 2.05) is 50.2 Å². The van der Waals surface area contributed by atoms with E-state index in [9.17, 15) is 4.79 Å². The summed E-state index contributed by atoms with van der Waals surface area (Å²) in [6.07, 6.45) is 2.33. The van der Waals surface area contributed by atoms with Crippen molar-refractivity contribution >= 4 is 23.6 Å². The summed E-state index contributed by atoms with van der Waals surface area (Å²) >= 11 is 6.08.